The number of hydrogen-bond donors (Lipinski definition) is 2. The summed E-state index contributed by atoms with van der Waals surface area (Å²) < 4.78 is 0. The average Bonchev–Trinajstić information content (AvgIpc) is 2.78. The molecule has 0 unspecified atom stereocenters. The van der Waals surface area contributed by atoms with Crippen LogP contribution in [0.4, 0.5) is 0 Å². The fraction of sp³-hybridized carbons (Fsp3) is 0.850. The molecule has 4 rings (SSSR count). The van der Waals surface area contributed by atoms with E-state index in [1.54, 1.807) is 0 Å². The van der Waals surface area contributed by atoms with Crippen molar-refractivity contribution >= 4 is 5.78 Å². The van der Waals surface area contributed by atoms with Crippen molar-refractivity contribution in [2.45, 2.75) is 64.9 Å². The first-order valence-electron chi connectivity index (χ1n) is 9.28. The van der Waals surface area contributed by atoms with Gasteiger partial charge in [0.05, 0.1) is 18.1 Å². The maximum absolute atomic E-state index is 12.6. The molecule has 1 spiro atoms. The molecule has 3 nitrogen and oxygen atoms in total. The van der Waals surface area contributed by atoms with Crippen LogP contribution in [0.1, 0.15) is 58.8 Å². The minimum absolute atomic E-state index is 0.0119. The van der Waals surface area contributed by atoms with Crippen LogP contribution >= 0.6 is 0 Å². The largest absolute Gasteiger partial charge is 0.395 e. The Morgan fingerprint density at radius 2 is 2.00 bits per heavy atom. The Hall–Kier alpha value is -0.670. The van der Waals surface area contributed by atoms with E-state index >= 15 is 0 Å². The van der Waals surface area contributed by atoms with Crippen LogP contribution in [0.5, 0.6) is 0 Å². The zero-order chi connectivity index (χ0) is 16.6. The molecule has 0 heterocycles. The molecule has 7 atom stereocenters. The van der Waals surface area contributed by atoms with Crippen molar-refractivity contribution in [3.8, 4) is 0 Å². The first-order valence-corrected chi connectivity index (χ1v) is 9.28. The zero-order valence-electron chi connectivity index (χ0n) is 14.5. The monoisotopic (exact) mass is 318 g/mol. The predicted molar refractivity (Wildman–Crippen MR) is 88.7 cm³/mol. The van der Waals surface area contributed by atoms with Crippen molar-refractivity contribution in [1.82, 2.24) is 0 Å². The number of rotatable bonds is 1. The second-order valence-corrected chi connectivity index (χ2v) is 9.41. The maximum Gasteiger partial charge on any atom is 0.141 e. The number of fused-ring (bicyclic) bond motifs is 3. The van der Waals surface area contributed by atoms with Crippen LogP contribution in [0.15, 0.2) is 12.2 Å². The third-order valence-electron chi connectivity index (χ3n) is 8.60. The van der Waals surface area contributed by atoms with E-state index in [1.165, 1.54) is 12.0 Å². The molecule has 0 aromatic heterocycles. The van der Waals surface area contributed by atoms with Gasteiger partial charge in [-0.25, -0.2) is 0 Å². The SMILES string of the molecule is C=C1C[C@]23C[C@H]1CC[C@@H]2[C@]1(C)CCC(=O)[C@](C)(CO)[C@H]1C[C@@H]3O. The average molecular weight is 318 g/mol. The molecular weight excluding hydrogens is 288 g/mol. The molecule has 3 heteroatoms. The van der Waals surface area contributed by atoms with Gasteiger partial charge in [0.25, 0.3) is 0 Å². The standard InChI is InChI=1S/C20H30O3/c1-12-9-20-10-13(12)4-5-14(20)18(2)7-6-16(22)19(3,11-21)15(18)8-17(20)23/h13-15,17,21,23H,1,4-11H2,2-3H3/t13-,14-,15+,17+,18+,19-,20+/m1/s1. The van der Waals surface area contributed by atoms with Crippen molar-refractivity contribution in [3.05, 3.63) is 12.2 Å². The first kappa shape index (κ1) is 15.8. The fourth-order valence-electron chi connectivity index (χ4n) is 7.31. The van der Waals surface area contributed by atoms with Gasteiger partial charge in [0, 0.05) is 11.8 Å². The van der Waals surface area contributed by atoms with Gasteiger partial charge in [0.2, 0.25) is 0 Å². The van der Waals surface area contributed by atoms with Crippen molar-refractivity contribution in [3.63, 3.8) is 0 Å². The van der Waals surface area contributed by atoms with Gasteiger partial charge in [-0.1, -0.05) is 26.0 Å². The van der Waals surface area contributed by atoms with Crippen molar-refractivity contribution in [1.29, 1.82) is 0 Å². The van der Waals surface area contributed by atoms with Crippen LogP contribution in [0, 0.1) is 34.0 Å². The lowest BCUT2D eigenvalue weighted by Crippen LogP contribution is -2.64. The van der Waals surface area contributed by atoms with Crippen LogP contribution in [0.3, 0.4) is 0 Å². The van der Waals surface area contributed by atoms with Gasteiger partial charge in [-0.05, 0) is 61.7 Å². The fourth-order valence-corrected chi connectivity index (χ4v) is 7.31. The molecule has 23 heavy (non-hydrogen) atoms. The highest BCUT2D eigenvalue weighted by atomic mass is 16.3. The number of aliphatic hydroxyl groups is 2. The minimum atomic E-state index is -0.679. The Morgan fingerprint density at radius 3 is 2.70 bits per heavy atom. The maximum atomic E-state index is 12.6. The summed E-state index contributed by atoms with van der Waals surface area (Å²) in [6.45, 7) is 8.48. The van der Waals surface area contributed by atoms with Gasteiger partial charge in [0.15, 0.2) is 0 Å². The Morgan fingerprint density at radius 1 is 1.26 bits per heavy atom. The summed E-state index contributed by atoms with van der Waals surface area (Å²) in [6.07, 6.45) is 6.19. The number of ketones is 1. The van der Waals surface area contributed by atoms with E-state index in [1.807, 2.05) is 6.92 Å². The molecule has 0 radical (unpaired) electrons. The molecule has 2 bridgehead atoms. The summed E-state index contributed by atoms with van der Waals surface area (Å²) in [4.78, 5) is 12.6. The number of Topliss-reactive ketones (excluding diaryl/α,β-unsaturated/α-hetero) is 1. The molecule has 0 aliphatic heterocycles. The van der Waals surface area contributed by atoms with Crippen LogP contribution in [0.25, 0.3) is 0 Å². The highest BCUT2D eigenvalue weighted by molar-refractivity contribution is 5.86. The Kier molecular flexibility index (Phi) is 3.23. The summed E-state index contributed by atoms with van der Waals surface area (Å²) in [5.41, 5.74) is 0.704. The van der Waals surface area contributed by atoms with E-state index in [2.05, 4.69) is 13.5 Å². The van der Waals surface area contributed by atoms with E-state index < -0.39 is 5.41 Å². The van der Waals surface area contributed by atoms with Crippen LogP contribution < -0.4 is 0 Å². The molecule has 4 aliphatic rings. The quantitative estimate of drug-likeness (QED) is 0.731. The number of aliphatic hydroxyl groups excluding tert-OH is 2. The van der Waals surface area contributed by atoms with Gasteiger partial charge < -0.3 is 10.2 Å². The molecule has 4 saturated carbocycles. The van der Waals surface area contributed by atoms with Crippen molar-refractivity contribution < 1.29 is 15.0 Å². The highest BCUT2D eigenvalue weighted by Crippen LogP contribution is 2.71. The van der Waals surface area contributed by atoms with Gasteiger partial charge in [-0.3, -0.25) is 4.79 Å². The van der Waals surface area contributed by atoms with E-state index in [9.17, 15) is 15.0 Å². The van der Waals surface area contributed by atoms with Gasteiger partial charge in [-0.2, -0.15) is 0 Å². The lowest BCUT2D eigenvalue weighted by atomic mass is 9.40. The van der Waals surface area contributed by atoms with Crippen LogP contribution in [-0.4, -0.2) is 28.7 Å². The summed E-state index contributed by atoms with van der Waals surface area (Å²) in [6, 6.07) is 0. The molecule has 0 saturated heterocycles. The molecule has 4 fully saturated rings. The van der Waals surface area contributed by atoms with Gasteiger partial charge in [0.1, 0.15) is 5.78 Å². The topological polar surface area (TPSA) is 57.5 Å². The number of carbonyl (C=O) groups excluding carboxylic acids is 1. The van der Waals surface area contributed by atoms with E-state index in [0.717, 1.165) is 25.7 Å². The van der Waals surface area contributed by atoms with Crippen molar-refractivity contribution in [2.24, 2.45) is 34.0 Å². The summed E-state index contributed by atoms with van der Waals surface area (Å²) in [5, 5.41) is 21.1. The molecule has 4 aliphatic carbocycles. The smallest absolute Gasteiger partial charge is 0.141 e. The first-order chi connectivity index (χ1) is 10.8. The second kappa shape index (κ2) is 4.70. The summed E-state index contributed by atoms with van der Waals surface area (Å²) >= 11 is 0. The summed E-state index contributed by atoms with van der Waals surface area (Å²) in [5.74, 6) is 1.33. The van der Waals surface area contributed by atoms with Crippen molar-refractivity contribution in [2.75, 3.05) is 6.61 Å². The molecule has 0 amide bonds. The number of allylic oxidation sites excluding steroid dienone is 1. The van der Waals surface area contributed by atoms with E-state index in [4.69, 9.17) is 0 Å². The summed E-state index contributed by atoms with van der Waals surface area (Å²) in [7, 11) is 0. The molecule has 0 aromatic rings. The van der Waals surface area contributed by atoms with Gasteiger partial charge >= 0.3 is 0 Å². The second-order valence-electron chi connectivity index (χ2n) is 9.41. The third-order valence-corrected chi connectivity index (χ3v) is 8.60. The Bertz CT molecular complexity index is 569. The molecule has 0 aromatic carbocycles. The normalized spacial score (nSPS) is 55.5. The van der Waals surface area contributed by atoms with Gasteiger partial charge in [-0.15, -0.1) is 0 Å². The minimum Gasteiger partial charge on any atom is -0.395 e. The van der Waals surface area contributed by atoms with E-state index in [-0.39, 0.29) is 35.2 Å². The van der Waals surface area contributed by atoms with Crippen LogP contribution in [0.2, 0.25) is 0 Å². The molecular formula is C20H30O3. The van der Waals surface area contributed by atoms with Crippen LogP contribution in [-0.2, 0) is 4.79 Å². The lowest BCUT2D eigenvalue weighted by molar-refractivity contribution is -0.204. The Balaban J connectivity index is 1.80. The molecule has 128 valence electrons. The van der Waals surface area contributed by atoms with E-state index in [0.29, 0.717) is 24.7 Å². The molecule has 2 N–H and O–H groups in total. The number of hydrogen-bond acceptors (Lipinski definition) is 3. The number of carbonyl (C=O) groups is 1. The highest BCUT2D eigenvalue weighted by Gasteiger charge is 2.68. The lowest BCUT2D eigenvalue weighted by Gasteiger charge is -2.64. The predicted octanol–water partition coefficient (Wildman–Crippen LogP) is 3.10. The third kappa shape index (κ3) is 1.76. The zero-order valence-corrected chi connectivity index (χ0v) is 14.5. The Labute approximate surface area is 139 Å².